The highest BCUT2D eigenvalue weighted by Gasteiger charge is 2.39. The first-order valence-corrected chi connectivity index (χ1v) is 10.2. The maximum absolute atomic E-state index is 14.3. The van der Waals surface area contributed by atoms with E-state index in [1.54, 1.807) is 37.4 Å². The van der Waals surface area contributed by atoms with E-state index in [0.29, 0.717) is 34.3 Å². The Morgan fingerprint density at radius 2 is 2.07 bits per heavy atom. The monoisotopic (exact) mass is 448 g/mol. The van der Waals surface area contributed by atoms with Crippen LogP contribution in [0.3, 0.4) is 0 Å². The van der Waals surface area contributed by atoms with Crippen molar-refractivity contribution in [3.8, 4) is 5.69 Å². The van der Waals surface area contributed by atoms with E-state index in [1.165, 1.54) is 15.6 Å². The Balaban J connectivity index is 1.70. The molecule has 0 saturated heterocycles. The number of amides is 1. The minimum Gasteiger partial charge on any atom is -0.390 e. The summed E-state index contributed by atoms with van der Waals surface area (Å²) in [6.45, 7) is 1.85. The molecule has 1 aliphatic carbocycles. The van der Waals surface area contributed by atoms with Gasteiger partial charge in [-0.25, -0.2) is 14.1 Å². The van der Waals surface area contributed by atoms with Crippen molar-refractivity contribution in [1.82, 2.24) is 19.7 Å². The largest absolute Gasteiger partial charge is 0.390 e. The van der Waals surface area contributed by atoms with Gasteiger partial charge in [-0.2, -0.15) is 0 Å². The molecule has 3 aromatic rings. The van der Waals surface area contributed by atoms with Gasteiger partial charge in [-0.05, 0) is 35.4 Å². The Hall–Kier alpha value is -2.48. The molecule has 0 bridgehead atoms. The highest BCUT2D eigenvalue weighted by molar-refractivity contribution is 6.35. The van der Waals surface area contributed by atoms with Gasteiger partial charge >= 0.3 is 0 Å². The Kier molecular flexibility index (Phi) is 5.53. The maximum Gasteiger partial charge on any atom is 0.293 e. The Morgan fingerprint density at radius 3 is 2.77 bits per heavy atom. The van der Waals surface area contributed by atoms with Gasteiger partial charge < -0.3 is 10.0 Å². The van der Waals surface area contributed by atoms with Crippen molar-refractivity contribution in [3.05, 3.63) is 75.0 Å². The number of hydrogen-bond acceptors (Lipinski definition) is 4. The molecule has 30 heavy (non-hydrogen) atoms. The van der Waals surface area contributed by atoms with Crippen molar-refractivity contribution in [3.63, 3.8) is 0 Å². The number of fused-ring (bicyclic) bond motifs is 1. The smallest absolute Gasteiger partial charge is 0.293 e. The van der Waals surface area contributed by atoms with Gasteiger partial charge in [-0.3, -0.25) is 4.79 Å². The first-order chi connectivity index (χ1) is 14.3. The van der Waals surface area contributed by atoms with Crippen molar-refractivity contribution in [1.29, 1.82) is 0 Å². The zero-order valence-electron chi connectivity index (χ0n) is 16.3. The summed E-state index contributed by atoms with van der Waals surface area (Å²) >= 11 is 12.4. The molecule has 0 radical (unpaired) electrons. The molecule has 9 heteroatoms. The van der Waals surface area contributed by atoms with E-state index >= 15 is 0 Å². The molecular formula is C21H19Cl2FN4O2. The number of carbonyl (C=O) groups is 1. The Labute approximate surface area is 182 Å². The van der Waals surface area contributed by atoms with E-state index in [4.69, 9.17) is 23.2 Å². The average molecular weight is 449 g/mol. The van der Waals surface area contributed by atoms with Crippen LogP contribution in [0.25, 0.3) is 5.69 Å². The topological polar surface area (TPSA) is 71.2 Å². The van der Waals surface area contributed by atoms with Gasteiger partial charge in [0, 0.05) is 29.9 Å². The summed E-state index contributed by atoms with van der Waals surface area (Å²) in [5.74, 6) is -0.580. The van der Waals surface area contributed by atoms with Crippen molar-refractivity contribution in [2.45, 2.75) is 31.9 Å². The highest BCUT2D eigenvalue weighted by Crippen LogP contribution is 2.41. The number of aliphatic hydroxyl groups is 1. The van der Waals surface area contributed by atoms with Crippen LogP contribution in [-0.4, -0.2) is 43.8 Å². The van der Waals surface area contributed by atoms with Crippen LogP contribution in [0.2, 0.25) is 10.0 Å². The van der Waals surface area contributed by atoms with Gasteiger partial charge in [-0.1, -0.05) is 42.3 Å². The first kappa shape index (κ1) is 20.8. The number of aromatic nitrogens is 3. The van der Waals surface area contributed by atoms with E-state index in [9.17, 15) is 14.3 Å². The third-order valence-electron chi connectivity index (χ3n) is 5.29. The summed E-state index contributed by atoms with van der Waals surface area (Å²) < 4.78 is 15.6. The second-order valence-electron chi connectivity index (χ2n) is 7.16. The van der Waals surface area contributed by atoms with Crippen LogP contribution in [0.4, 0.5) is 4.39 Å². The number of nitrogens with zero attached hydrogens (tertiary/aromatic N) is 4. The van der Waals surface area contributed by atoms with Crippen LogP contribution in [0.5, 0.6) is 0 Å². The molecule has 0 spiro atoms. The lowest BCUT2D eigenvalue weighted by Crippen LogP contribution is -2.36. The molecule has 1 N–H and O–H groups in total. The summed E-state index contributed by atoms with van der Waals surface area (Å²) in [4.78, 5) is 18.9. The molecule has 1 amide bonds. The molecule has 2 aromatic carbocycles. The van der Waals surface area contributed by atoms with Gasteiger partial charge in [0.05, 0.1) is 12.1 Å². The lowest BCUT2D eigenvalue weighted by atomic mass is 10.1. The summed E-state index contributed by atoms with van der Waals surface area (Å²) in [6, 6.07) is 8.84. The molecule has 0 aliphatic heterocycles. The van der Waals surface area contributed by atoms with Crippen LogP contribution in [-0.2, 0) is 12.8 Å². The molecular weight excluding hydrogens is 430 g/mol. The van der Waals surface area contributed by atoms with Crippen molar-refractivity contribution < 1.29 is 14.3 Å². The van der Waals surface area contributed by atoms with Crippen molar-refractivity contribution >= 4 is 29.1 Å². The van der Waals surface area contributed by atoms with Crippen LogP contribution >= 0.6 is 23.2 Å². The van der Waals surface area contributed by atoms with Gasteiger partial charge in [0.2, 0.25) is 5.82 Å². The zero-order chi connectivity index (χ0) is 21.6. The fourth-order valence-corrected chi connectivity index (χ4v) is 4.45. The molecule has 156 valence electrons. The normalized spacial score (nSPS) is 17.8. The lowest BCUT2D eigenvalue weighted by Gasteiger charge is -2.27. The molecule has 1 aliphatic rings. The average Bonchev–Trinajstić information content (AvgIpc) is 3.28. The molecule has 2 unspecified atom stereocenters. The molecule has 4 rings (SSSR count). The number of rotatable bonds is 4. The minimum atomic E-state index is -0.843. The molecule has 6 nitrogen and oxygen atoms in total. The Bertz CT molecular complexity index is 1130. The predicted molar refractivity (Wildman–Crippen MR) is 112 cm³/mol. The quantitative estimate of drug-likeness (QED) is 0.654. The third kappa shape index (κ3) is 3.47. The zero-order valence-corrected chi connectivity index (χ0v) is 17.8. The number of aliphatic hydroxyl groups excluding tert-OH is 1. The number of carbonyl (C=O) groups excluding carboxylic acids is 1. The van der Waals surface area contributed by atoms with Gasteiger partial charge in [-0.15, -0.1) is 5.10 Å². The van der Waals surface area contributed by atoms with Crippen molar-refractivity contribution in [2.24, 2.45) is 0 Å². The van der Waals surface area contributed by atoms with Gasteiger partial charge in [0.1, 0.15) is 17.3 Å². The summed E-state index contributed by atoms with van der Waals surface area (Å²) in [6.07, 6.45) is -0.0761. The highest BCUT2D eigenvalue weighted by atomic mass is 35.5. The number of aryl methyl sites for hydroxylation is 1. The van der Waals surface area contributed by atoms with Crippen LogP contribution in [0, 0.1) is 5.82 Å². The van der Waals surface area contributed by atoms with Crippen LogP contribution in [0.15, 0.2) is 36.4 Å². The molecule has 2 atom stereocenters. The van der Waals surface area contributed by atoms with Gasteiger partial charge in [0.15, 0.2) is 0 Å². The molecule has 0 saturated carbocycles. The summed E-state index contributed by atoms with van der Waals surface area (Å²) in [5, 5.41) is 15.8. The van der Waals surface area contributed by atoms with Gasteiger partial charge in [0.25, 0.3) is 5.91 Å². The fraction of sp³-hybridized carbons (Fsp3) is 0.286. The summed E-state index contributed by atoms with van der Waals surface area (Å²) in [5.41, 5.74) is 1.67. The first-order valence-electron chi connectivity index (χ1n) is 9.45. The van der Waals surface area contributed by atoms with E-state index < -0.39 is 23.9 Å². The van der Waals surface area contributed by atoms with E-state index in [-0.39, 0.29) is 11.5 Å². The van der Waals surface area contributed by atoms with E-state index in [0.717, 1.165) is 5.56 Å². The second-order valence-corrected chi connectivity index (χ2v) is 8.00. The number of hydrogen-bond donors (Lipinski definition) is 1. The lowest BCUT2D eigenvalue weighted by molar-refractivity contribution is 0.0487. The molecule has 0 fully saturated rings. The van der Waals surface area contributed by atoms with E-state index in [2.05, 4.69) is 10.1 Å². The second kappa shape index (κ2) is 7.98. The van der Waals surface area contributed by atoms with Crippen LogP contribution in [0.1, 0.15) is 40.5 Å². The fourth-order valence-electron chi connectivity index (χ4n) is 3.86. The van der Waals surface area contributed by atoms with Crippen molar-refractivity contribution in [2.75, 3.05) is 7.05 Å². The van der Waals surface area contributed by atoms with E-state index in [1.807, 2.05) is 6.92 Å². The minimum absolute atomic E-state index is 0.0774. The number of likely N-dealkylation sites (N-methyl/N-ethyl adjacent to an activating group) is 1. The number of para-hydroxylation sites is 1. The maximum atomic E-state index is 14.3. The van der Waals surface area contributed by atoms with Crippen LogP contribution < -0.4 is 0 Å². The molecule has 1 aromatic heterocycles. The predicted octanol–water partition coefficient (Wildman–Crippen LogP) is 4.01. The standard InChI is InChI=1S/C21H19Cl2FN4O2/c1-3-18-25-20(26-28(18)16-7-5-4-6-15(16)24)21(30)27(2)19-13-8-11(22)9-14(23)12(13)10-17(19)29/h4-9,17,19,29H,3,10H2,1-2H3. The third-order valence-corrected chi connectivity index (χ3v) is 5.85. The number of halogens is 3. The number of benzene rings is 2. The Morgan fingerprint density at radius 1 is 1.33 bits per heavy atom. The molecule has 1 heterocycles. The SMILES string of the molecule is CCc1nc(C(=O)N(C)C2c3cc(Cl)cc(Cl)c3CC2O)nn1-c1ccccc1F. The summed E-state index contributed by atoms with van der Waals surface area (Å²) in [7, 11) is 1.57.